The molecule has 1 N–H and O–H groups in total. The first-order valence-corrected chi connectivity index (χ1v) is 8.88. The number of hydrogen-bond donors (Lipinski definition) is 1. The summed E-state index contributed by atoms with van der Waals surface area (Å²) in [7, 11) is 0. The lowest BCUT2D eigenvalue weighted by Crippen LogP contribution is -2.31. The molecule has 1 amide bonds. The SMILES string of the molecule is Cc1ccc(-c2cc(C(=O)NCC(=O)OC(C)C)c3ccccc3n2)cc1. The first kappa shape index (κ1) is 18.6. The molecule has 0 bridgehead atoms. The van der Waals surface area contributed by atoms with Crippen LogP contribution in [0.25, 0.3) is 22.2 Å². The zero-order valence-corrected chi connectivity index (χ0v) is 15.7. The molecule has 3 rings (SSSR count). The van der Waals surface area contributed by atoms with Gasteiger partial charge in [0.25, 0.3) is 5.91 Å². The van der Waals surface area contributed by atoms with Crippen molar-refractivity contribution in [2.75, 3.05) is 6.54 Å². The van der Waals surface area contributed by atoms with Gasteiger partial charge in [-0.05, 0) is 32.9 Å². The number of nitrogens with zero attached hydrogens (tertiary/aromatic N) is 1. The number of pyridine rings is 1. The Hall–Kier alpha value is -3.21. The highest BCUT2D eigenvalue weighted by Gasteiger charge is 2.15. The number of carbonyl (C=O) groups excluding carboxylic acids is 2. The summed E-state index contributed by atoms with van der Waals surface area (Å²) in [6, 6.07) is 17.2. The van der Waals surface area contributed by atoms with Gasteiger partial charge in [-0.1, -0.05) is 48.0 Å². The Morgan fingerprint density at radius 3 is 2.48 bits per heavy atom. The van der Waals surface area contributed by atoms with Crippen LogP contribution in [0, 0.1) is 6.92 Å². The third kappa shape index (κ3) is 4.50. The van der Waals surface area contributed by atoms with Crippen molar-refractivity contribution in [2.45, 2.75) is 26.9 Å². The van der Waals surface area contributed by atoms with Crippen molar-refractivity contribution in [1.29, 1.82) is 0 Å². The number of nitrogens with one attached hydrogen (secondary N) is 1. The molecule has 0 atom stereocenters. The summed E-state index contributed by atoms with van der Waals surface area (Å²) in [6.45, 7) is 5.38. The molecular formula is C22H22N2O3. The normalized spacial score (nSPS) is 10.8. The second-order valence-corrected chi connectivity index (χ2v) is 6.66. The summed E-state index contributed by atoms with van der Waals surface area (Å²) in [5.74, 6) is -0.793. The zero-order valence-electron chi connectivity index (χ0n) is 15.7. The fourth-order valence-electron chi connectivity index (χ4n) is 2.79. The Bertz CT molecular complexity index is 979. The molecular weight excluding hydrogens is 340 g/mol. The second-order valence-electron chi connectivity index (χ2n) is 6.66. The fraction of sp³-hybridized carbons (Fsp3) is 0.227. The maximum Gasteiger partial charge on any atom is 0.325 e. The van der Waals surface area contributed by atoms with Gasteiger partial charge in [0, 0.05) is 10.9 Å². The third-order valence-electron chi connectivity index (χ3n) is 4.07. The number of ether oxygens (including phenoxy) is 1. The largest absolute Gasteiger partial charge is 0.462 e. The summed E-state index contributed by atoms with van der Waals surface area (Å²) < 4.78 is 5.06. The number of para-hydroxylation sites is 1. The number of benzene rings is 2. The van der Waals surface area contributed by atoms with Crippen molar-refractivity contribution in [3.8, 4) is 11.3 Å². The van der Waals surface area contributed by atoms with Crippen LogP contribution in [-0.4, -0.2) is 29.5 Å². The lowest BCUT2D eigenvalue weighted by molar-refractivity contribution is -0.146. The first-order chi connectivity index (χ1) is 12.9. The van der Waals surface area contributed by atoms with E-state index in [1.54, 1.807) is 19.9 Å². The first-order valence-electron chi connectivity index (χ1n) is 8.88. The quantitative estimate of drug-likeness (QED) is 0.699. The van der Waals surface area contributed by atoms with Crippen LogP contribution in [0.5, 0.6) is 0 Å². The van der Waals surface area contributed by atoms with E-state index in [0.717, 1.165) is 22.0 Å². The predicted molar refractivity (Wildman–Crippen MR) is 105 cm³/mol. The maximum atomic E-state index is 12.7. The van der Waals surface area contributed by atoms with Gasteiger partial charge >= 0.3 is 5.97 Å². The highest BCUT2D eigenvalue weighted by atomic mass is 16.5. The molecule has 1 aromatic heterocycles. The Kier molecular flexibility index (Phi) is 5.50. The molecule has 0 radical (unpaired) electrons. The summed E-state index contributed by atoms with van der Waals surface area (Å²) in [5, 5.41) is 3.38. The van der Waals surface area contributed by atoms with Gasteiger partial charge in [0.15, 0.2) is 0 Å². The molecule has 0 saturated heterocycles. The second kappa shape index (κ2) is 7.99. The van der Waals surface area contributed by atoms with Gasteiger partial charge in [-0.2, -0.15) is 0 Å². The molecule has 27 heavy (non-hydrogen) atoms. The van der Waals surface area contributed by atoms with Crippen LogP contribution in [0.2, 0.25) is 0 Å². The molecule has 5 heteroatoms. The van der Waals surface area contributed by atoms with Gasteiger partial charge in [-0.15, -0.1) is 0 Å². The molecule has 0 aliphatic carbocycles. The number of fused-ring (bicyclic) bond motifs is 1. The molecule has 0 aliphatic rings. The molecule has 0 fully saturated rings. The minimum Gasteiger partial charge on any atom is -0.462 e. The molecule has 2 aromatic carbocycles. The summed E-state index contributed by atoms with van der Waals surface area (Å²) >= 11 is 0. The van der Waals surface area contributed by atoms with E-state index in [4.69, 9.17) is 4.74 Å². The van der Waals surface area contributed by atoms with Gasteiger partial charge in [-0.25, -0.2) is 4.98 Å². The third-order valence-corrected chi connectivity index (χ3v) is 4.07. The van der Waals surface area contributed by atoms with E-state index in [1.807, 2.05) is 55.5 Å². The van der Waals surface area contributed by atoms with Crippen LogP contribution in [0.1, 0.15) is 29.8 Å². The molecule has 0 unspecified atom stereocenters. The van der Waals surface area contributed by atoms with Crippen molar-refractivity contribution in [2.24, 2.45) is 0 Å². The number of carbonyl (C=O) groups is 2. The minimum absolute atomic E-state index is 0.173. The lowest BCUT2D eigenvalue weighted by atomic mass is 10.0. The highest BCUT2D eigenvalue weighted by Crippen LogP contribution is 2.25. The zero-order chi connectivity index (χ0) is 19.4. The van der Waals surface area contributed by atoms with Gasteiger partial charge in [0.1, 0.15) is 6.54 Å². The van der Waals surface area contributed by atoms with E-state index in [-0.39, 0.29) is 18.6 Å². The van der Waals surface area contributed by atoms with Gasteiger partial charge in [0.05, 0.1) is 22.9 Å². The summed E-state index contributed by atoms with van der Waals surface area (Å²) in [6.07, 6.45) is -0.218. The Morgan fingerprint density at radius 2 is 1.78 bits per heavy atom. The smallest absolute Gasteiger partial charge is 0.325 e. The van der Waals surface area contributed by atoms with Crippen LogP contribution in [0.15, 0.2) is 54.6 Å². The average Bonchev–Trinajstić information content (AvgIpc) is 2.65. The van der Waals surface area contributed by atoms with Crippen molar-refractivity contribution >= 4 is 22.8 Å². The molecule has 0 aliphatic heterocycles. The number of aromatic nitrogens is 1. The topological polar surface area (TPSA) is 68.3 Å². The van der Waals surface area contributed by atoms with Crippen LogP contribution in [0.3, 0.4) is 0 Å². The molecule has 0 saturated carbocycles. The van der Waals surface area contributed by atoms with E-state index in [1.165, 1.54) is 0 Å². The van der Waals surface area contributed by atoms with Crippen LogP contribution < -0.4 is 5.32 Å². The van der Waals surface area contributed by atoms with E-state index in [0.29, 0.717) is 11.3 Å². The van der Waals surface area contributed by atoms with Crippen LogP contribution >= 0.6 is 0 Å². The average molecular weight is 362 g/mol. The molecule has 3 aromatic rings. The monoisotopic (exact) mass is 362 g/mol. The summed E-state index contributed by atoms with van der Waals surface area (Å²) in [5.41, 5.74) is 4.00. The number of hydrogen-bond acceptors (Lipinski definition) is 4. The van der Waals surface area contributed by atoms with Gasteiger partial charge in [0.2, 0.25) is 0 Å². The summed E-state index contributed by atoms with van der Waals surface area (Å²) in [4.78, 5) is 29.1. The Balaban J connectivity index is 1.94. The van der Waals surface area contributed by atoms with E-state index in [2.05, 4.69) is 10.3 Å². The van der Waals surface area contributed by atoms with Crippen molar-refractivity contribution in [3.63, 3.8) is 0 Å². The fourth-order valence-corrected chi connectivity index (χ4v) is 2.79. The number of aryl methyl sites for hydroxylation is 1. The van der Waals surface area contributed by atoms with Gasteiger partial charge in [-0.3, -0.25) is 9.59 Å². The van der Waals surface area contributed by atoms with E-state index in [9.17, 15) is 9.59 Å². The Morgan fingerprint density at radius 1 is 1.07 bits per heavy atom. The van der Waals surface area contributed by atoms with E-state index >= 15 is 0 Å². The molecule has 5 nitrogen and oxygen atoms in total. The van der Waals surface area contributed by atoms with Crippen LogP contribution in [-0.2, 0) is 9.53 Å². The molecule has 0 spiro atoms. The number of esters is 1. The van der Waals surface area contributed by atoms with Gasteiger partial charge < -0.3 is 10.1 Å². The van der Waals surface area contributed by atoms with Crippen molar-refractivity contribution in [1.82, 2.24) is 10.3 Å². The number of amides is 1. The van der Waals surface area contributed by atoms with Crippen molar-refractivity contribution < 1.29 is 14.3 Å². The lowest BCUT2D eigenvalue weighted by Gasteiger charge is -2.12. The Labute approximate surface area is 158 Å². The molecule has 1 heterocycles. The highest BCUT2D eigenvalue weighted by molar-refractivity contribution is 6.07. The van der Waals surface area contributed by atoms with E-state index < -0.39 is 5.97 Å². The van der Waals surface area contributed by atoms with Crippen molar-refractivity contribution in [3.05, 3.63) is 65.7 Å². The maximum absolute atomic E-state index is 12.7. The van der Waals surface area contributed by atoms with Crippen LogP contribution in [0.4, 0.5) is 0 Å². The number of rotatable bonds is 5. The molecule has 138 valence electrons. The standard InChI is InChI=1S/C22H22N2O3/c1-14(2)27-21(25)13-23-22(26)18-12-20(16-10-8-15(3)9-11-16)24-19-7-5-4-6-17(18)19/h4-12,14H,13H2,1-3H3,(H,23,26). The minimum atomic E-state index is -0.463. The predicted octanol–water partition coefficient (Wildman–Crippen LogP) is 3.89.